The molecule has 0 atom stereocenters. The van der Waals surface area contributed by atoms with Gasteiger partial charge >= 0.3 is 0 Å². The van der Waals surface area contributed by atoms with Crippen molar-refractivity contribution in [3.8, 4) is 11.5 Å². The summed E-state index contributed by atoms with van der Waals surface area (Å²) in [6.07, 6.45) is 3.55. The number of hydrogen-bond donors (Lipinski definition) is 2. The SMILES string of the molecule is COc1cc(SC)c(OC)cc1C=NNC(N)=S. The van der Waals surface area contributed by atoms with Crippen molar-refractivity contribution < 1.29 is 9.47 Å². The van der Waals surface area contributed by atoms with E-state index in [-0.39, 0.29) is 5.11 Å². The van der Waals surface area contributed by atoms with Crippen molar-refractivity contribution in [3.63, 3.8) is 0 Å². The fourth-order valence-corrected chi connectivity index (χ4v) is 1.94. The monoisotopic (exact) mass is 285 g/mol. The summed E-state index contributed by atoms with van der Waals surface area (Å²) in [6, 6.07) is 3.74. The van der Waals surface area contributed by atoms with Crippen molar-refractivity contribution in [3.05, 3.63) is 17.7 Å². The maximum absolute atomic E-state index is 5.29. The first-order valence-electron chi connectivity index (χ1n) is 5.01. The van der Waals surface area contributed by atoms with E-state index in [1.807, 2.05) is 18.4 Å². The molecule has 7 heteroatoms. The van der Waals surface area contributed by atoms with Gasteiger partial charge in [-0.1, -0.05) is 0 Å². The molecule has 1 aromatic rings. The zero-order chi connectivity index (χ0) is 13.5. The molecule has 5 nitrogen and oxygen atoms in total. The fourth-order valence-electron chi connectivity index (χ4n) is 1.32. The topological polar surface area (TPSA) is 68.9 Å². The summed E-state index contributed by atoms with van der Waals surface area (Å²) in [5.74, 6) is 1.47. The Bertz CT molecular complexity index is 464. The number of hydrogen-bond acceptors (Lipinski definition) is 5. The Kier molecular flexibility index (Phi) is 5.73. The van der Waals surface area contributed by atoms with Crippen molar-refractivity contribution in [1.82, 2.24) is 5.43 Å². The largest absolute Gasteiger partial charge is 0.496 e. The quantitative estimate of drug-likeness (QED) is 0.371. The third-order valence-electron chi connectivity index (χ3n) is 2.11. The number of nitrogens with zero attached hydrogens (tertiary/aromatic N) is 1. The van der Waals surface area contributed by atoms with Gasteiger partial charge in [0.05, 0.1) is 25.3 Å². The van der Waals surface area contributed by atoms with Gasteiger partial charge in [0, 0.05) is 5.56 Å². The molecule has 0 radical (unpaired) electrons. The van der Waals surface area contributed by atoms with E-state index in [4.69, 9.17) is 15.2 Å². The van der Waals surface area contributed by atoms with Gasteiger partial charge in [-0.05, 0) is 30.6 Å². The number of thioether (sulfide) groups is 1. The Morgan fingerprint density at radius 1 is 1.39 bits per heavy atom. The average Bonchev–Trinajstić information content (AvgIpc) is 2.37. The van der Waals surface area contributed by atoms with Crippen LogP contribution in [0, 0.1) is 0 Å². The standard InChI is InChI=1S/C11H15N3O2S2/c1-15-8-5-10(18-3)9(16-2)4-7(8)6-13-14-11(12)17/h4-6H,1-3H3,(H3,12,14,17). The summed E-state index contributed by atoms with van der Waals surface area (Å²) in [7, 11) is 3.22. The molecule has 0 bridgehead atoms. The molecule has 1 aromatic carbocycles. The predicted octanol–water partition coefficient (Wildman–Crippen LogP) is 1.59. The highest BCUT2D eigenvalue weighted by Gasteiger charge is 2.09. The first-order valence-corrected chi connectivity index (χ1v) is 6.64. The van der Waals surface area contributed by atoms with E-state index in [1.54, 1.807) is 32.2 Å². The molecule has 0 saturated carbocycles. The number of hydrazone groups is 1. The molecule has 1 rings (SSSR count). The normalized spacial score (nSPS) is 10.4. The zero-order valence-corrected chi connectivity index (χ0v) is 12.0. The summed E-state index contributed by atoms with van der Waals surface area (Å²) >= 11 is 6.24. The van der Waals surface area contributed by atoms with Gasteiger partial charge in [0.2, 0.25) is 0 Å². The Labute approximate surface area is 116 Å². The first kappa shape index (κ1) is 14.6. The highest BCUT2D eigenvalue weighted by atomic mass is 32.2. The van der Waals surface area contributed by atoms with Gasteiger partial charge in [-0.2, -0.15) is 5.10 Å². The summed E-state index contributed by atoms with van der Waals surface area (Å²) in [4.78, 5) is 0.994. The van der Waals surface area contributed by atoms with E-state index in [0.29, 0.717) is 5.75 Å². The van der Waals surface area contributed by atoms with Gasteiger partial charge in [0.15, 0.2) is 5.11 Å². The molecule has 0 unspecified atom stereocenters. The summed E-state index contributed by atoms with van der Waals surface area (Å²) in [6.45, 7) is 0. The van der Waals surface area contributed by atoms with Gasteiger partial charge in [-0.3, -0.25) is 5.43 Å². The van der Waals surface area contributed by atoms with Gasteiger partial charge < -0.3 is 15.2 Å². The van der Waals surface area contributed by atoms with Crippen LogP contribution in [0.4, 0.5) is 0 Å². The minimum absolute atomic E-state index is 0.109. The molecule has 0 spiro atoms. The van der Waals surface area contributed by atoms with Crippen LogP contribution in [0.3, 0.4) is 0 Å². The maximum Gasteiger partial charge on any atom is 0.184 e. The maximum atomic E-state index is 5.29. The third-order valence-corrected chi connectivity index (χ3v) is 2.96. The lowest BCUT2D eigenvalue weighted by molar-refractivity contribution is 0.394. The second-order valence-corrected chi connectivity index (χ2v) is 4.47. The fraction of sp³-hybridized carbons (Fsp3) is 0.273. The minimum atomic E-state index is 0.109. The number of rotatable bonds is 5. The van der Waals surface area contributed by atoms with Crippen LogP contribution in [0.15, 0.2) is 22.1 Å². The number of methoxy groups -OCH3 is 2. The van der Waals surface area contributed by atoms with Crippen LogP contribution in [0.1, 0.15) is 5.56 Å². The van der Waals surface area contributed by atoms with Crippen LogP contribution in [0.5, 0.6) is 11.5 Å². The molecular formula is C11H15N3O2S2. The minimum Gasteiger partial charge on any atom is -0.496 e. The lowest BCUT2D eigenvalue weighted by Gasteiger charge is -2.11. The molecule has 18 heavy (non-hydrogen) atoms. The molecule has 0 amide bonds. The number of benzene rings is 1. The third kappa shape index (κ3) is 3.78. The predicted molar refractivity (Wildman–Crippen MR) is 78.8 cm³/mol. The van der Waals surface area contributed by atoms with E-state index >= 15 is 0 Å². The van der Waals surface area contributed by atoms with Crippen molar-refractivity contribution in [2.45, 2.75) is 4.90 Å². The summed E-state index contributed by atoms with van der Waals surface area (Å²) in [5.41, 5.74) is 8.54. The van der Waals surface area contributed by atoms with E-state index in [1.165, 1.54) is 0 Å². The van der Waals surface area contributed by atoms with Crippen LogP contribution in [0.2, 0.25) is 0 Å². The van der Waals surface area contributed by atoms with Crippen LogP contribution in [-0.4, -0.2) is 31.8 Å². The van der Waals surface area contributed by atoms with Crippen molar-refractivity contribution in [1.29, 1.82) is 0 Å². The summed E-state index contributed by atoms with van der Waals surface area (Å²) in [5, 5.41) is 4.01. The lowest BCUT2D eigenvalue weighted by atomic mass is 10.2. The Balaban J connectivity index is 3.09. The van der Waals surface area contributed by atoms with Crippen molar-refractivity contribution in [2.75, 3.05) is 20.5 Å². The van der Waals surface area contributed by atoms with E-state index in [9.17, 15) is 0 Å². The first-order chi connectivity index (χ1) is 8.62. The molecular weight excluding hydrogens is 270 g/mol. The molecule has 0 aliphatic rings. The molecule has 0 aromatic heterocycles. The lowest BCUT2D eigenvalue weighted by Crippen LogP contribution is -2.24. The van der Waals surface area contributed by atoms with E-state index in [0.717, 1.165) is 16.2 Å². The number of ether oxygens (including phenoxy) is 2. The van der Waals surface area contributed by atoms with E-state index in [2.05, 4.69) is 22.7 Å². The number of nitrogens with two attached hydrogens (primary N) is 1. The van der Waals surface area contributed by atoms with Crippen LogP contribution in [0.25, 0.3) is 0 Å². The molecule has 0 aliphatic heterocycles. The van der Waals surface area contributed by atoms with Gasteiger partial charge in [0.1, 0.15) is 11.5 Å². The van der Waals surface area contributed by atoms with Crippen LogP contribution >= 0.6 is 24.0 Å². The molecule has 3 N–H and O–H groups in total. The second kappa shape index (κ2) is 7.07. The summed E-state index contributed by atoms with van der Waals surface area (Å²) < 4.78 is 10.6. The van der Waals surface area contributed by atoms with Crippen LogP contribution < -0.4 is 20.6 Å². The van der Waals surface area contributed by atoms with Crippen LogP contribution in [-0.2, 0) is 0 Å². The van der Waals surface area contributed by atoms with Gasteiger partial charge in [-0.25, -0.2) is 0 Å². The van der Waals surface area contributed by atoms with Gasteiger partial charge in [-0.15, -0.1) is 11.8 Å². The second-order valence-electron chi connectivity index (χ2n) is 3.18. The molecule has 98 valence electrons. The smallest absolute Gasteiger partial charge is 0.184 e. The molecule has 0 heterocycles. The average molecular weight is 285 g/mol. The zero-order valence-electron chi connectivity index (χ0n) is 10.4. The van der Waals surface area contributed by atoms with Crippen molar-refractivity contribution >= 4 is 35.3 Å². The molecule has 0 aliphatic carbocycles. The number of thiocarbonyl (C=S) groups is 1. The Morgan fingerprint density at radius 2 is 2.06 bits per heavy atom. The highest BCUT2D eigenvalue weighted by Crippen LogP contribution is 2.33. The number of nitrogens with one attached hydrogen (secondary N) is 1. The Morgan fingerprint density at radius 3 is 2.56 bits per heavy atom. The Hall–Kier alpha value is -1.47. The highest BCUT2D eigenvalue weighted by molar-refractivity contribution is 7.98. The molecule has 0 saturated heterocycles. The van der Waals surface area contributed by atoms with Crippen molar-refractivity contribution in [2.24, 2.45) is 10.8 Å². The van der Waals surface area contributed by atoms with Gasteiger partial charge in [0.25, 0.3) is 0 Å². The molecule has 0 fully saturated rings. The van der Waals surface area contributed by atoms with E-state index < -0.39 is 0 Å².